The number of thiazole rings is 1. The fraction of sp³-hybridized carbons (Fsp3) is 0.615. The van der Waals surface area contributed by atoms with E-state index in [9.17, 15) is 0 Å². The van der Waals surface area contributed by atoms with Gasteiger partial charge in [0, 0.05) is 55.6 Å². The summed E-state index contributed by atoms with van der Waals surface area (Å²) in [5, 5.41) is 4.35. The minimum atomic E-state index is 0.537. The van der Waals surface area contributed by atoms with Crippen molar-refractivity contribution in [2.24, 2.45) is 0 Å². The third-order valence-electron chi connectivity index (χ3n) is 3.48. The molecule has 3 rings (SSSR count). The van der Waals surface area contributed by atoms with Crippen molar-refractivity contribution in [3.8, 4) is 0 Å². The SMILES string of the molecule is COCCc1nsc(N2CCCC(c3nccs3)C2)n1. The van der Waals surface area contributed by atoms with Crippen LogP contribution < -0.4 is 4.90 Å². The molecule has 1 unspecified atom stereocenters. The Bertz CT molecular complexity index is 528. The van der Waals surface area contributed by atoms with Gasteiger partial charge in [-0.2, -0.15) is 4.37 Å². The molecule has 0 aliphatic carbocycles. The Morgan fingerprint density at radius 1 is 1.50 bits per heavy atom. The predicted molar refractivity (Wildman–Crippen MR) is 81.8 cm³/mol. The summed E-state index contributed by atoms with van der Waals surface area (Å²) in [6, 6.07) is 0. The minimum Gasteiger partial charge on any atom is -0.384 e. The molecule has 1 fully saturated rings. The number of nitrogens with zero attached hydrogens (tertiary/aromatic N) is 4. The summed E-state index contributed by atoms with van der Waals surface area (Å²) in [4.78, 5) is 11.4. The number of hydrogen-bond donors (Lipinski definition) is 0. The molecule has 0 aromatic carbocycles. The van der Waals surface area contributed by atoms with E-state index in [1.54, 1.807) is 18.4 Å². The molecule has 0 radical (unpaired) electrons. The van der Waals surface area contributed by atoms with Crippen LogP contribution in [-0.4, -0.2) is 41.1 Å². The Morgan fingerprint density at radius 3 is 3.25 bits per heavy atom. The Morgan fingerprint density at radius 2 is 2.45 bits per heavy atom. The first-order valence-corrected chi connectivity index (χ1v) is 8.48. The average molecular weight is 310 g/mol. The highest BCUT2D eigenvalue weighted by molar-refractivity contribution is 7.10. The van der Waals surface area contributed by atoms with Gasteiger partial charge in [0.05, 0.1) is 11.6 Å². The van der Waals surface area contributed by atoms with Gasteiger partial charge < -0.3 is 9.64 Å². The molecule has 2 aromatic heterocycles. The number of methoxy groups -OCH3 is 1. The van der Waals surface area contributed by atoms with E-state index in [-0.39, 0.29) is 0 Å². The molecular formula is C13H18N4OS2. The van der Waals surface area contributed by atoms with Gasteiger partial charge in [-0.05, 0) is 12.8 Å². The van der Waals surface area contributed by atoms with Crippen molar-refractivity contribution < 1.29 is 4.74 Å². The lowest BCUT2D eigenvalue weighted by Gasteiger charge is -2.31. The third kappa shape index (κ3) is 3.16. The first-order chi connectivity index (χ1) is 9.86. The van der Waals surface area contributed by atoms with Crippen molar-refractivity contribution in [1.29, 1.82) is 0 Å². The maximum atomic E-state index is 5.07. The molecule has 0 N–H and O–H groups in total. The van der Waals surface area contributed by atoms with Gasteiger partial charge >= 0.3 is 0 Å². The molecule has 7 heteroatoms. The lowest BCUT2D eigenvalue weighted by molar-refractivity contribution is 0.201. The smallest absolute Gasteiger partial charge is 0.205 e. The second kappa shape index (κ2) is 6.60. The summed E-state index contributed by atoms with van der Waals surface area (Å²) in [6.45, 7) is 2.76. The second-order valence-electron chi connectivity index (χ2n) is 4.89. The molecule has 1 aliphatic rings. The number of piperidine rings is 1. The van der Waals surface area contributed by atoms with Gasteiger partial charge in [0.15, 0.2) is 0 Å². The van der Waals surface area contributed by atoms with E-state index in [0.717, 1.165) is 30.5 Å². The van der Waals surface area contributed by atoms with Gasteiger partial charge in [-0.15, -0.1) is 11.3 Å². The van der Waals surface area contributed by atoms with Crippen LogP contribution in [0.2, 0.25) is 0 Å². The molecule has 0 amide bonds. The first-order valence-electron chi connectivity index (χ1n) is 6.82. The zero-order valence-electron chi connectivity index (χ0n) is 11.5. The van der Waals surface area contributed by atoms with Crippen LogP contribution in [0.5, 0.6) is 0 Å². The van der Waals surface area contributed by atoms with Crippen LogP contribution in [0.1, 0.15) is 29.6 Å². The van der Waals surface area contributed by atoms with Crippen LogP contribution in [0.4, 0.5) is 5.13 Å². The normalized spacial score (nSPS) is 19.4. The van der Waals surface area contributed by atoms with Gasteiger partial charge in [-0.1, -0.05) is 0 Å². The molecule has 2 aromatic rings. The van der Waals surface area contributed by atoms with Crippen molar-refractivity contribution in [2.45, 2.75) is 25.2 Å². The lowest BCUT2D eigenvalue weighted by atomic mass is 9.99. The Hall–Kier alpha value is -1.05. The van der Waals surface area contributed by atoms with Gasteiger partial charge in [-0.25, -0.2) is 9.97 Å². The number of ether oxygens (including phenoxy) is 1. The largest absolute Gasteiger partial charge is 0.384 e. The van der Waals surface area contributed by atoms with Crippen LogP contribution in [0.25, 0.3) is 0 Å². The van der Waals surface area contributed by atoms with Crippen molar-refractivity contribution in [3.05, 3.63) is 22.4 Å². The average Bonchev–Trinajstić information content (AvgIpc) is 3.17. The van der Waals surface area contributed by atoms with E-state index in [2.05, 4.69) is 24.6 Å². The summed E-state index contributed by atoms with van der Waals surface area (Å²) in [5.41, 5.74) is 0. The van der Waals surface area contributed by atoms with E-state index in [0.29, 0.717) is 12.5 Å². The highest BCUT2D eigenvalue weighted by Crippen LogP contribution is 2.31. The summed E-state index contributed by atoms with van der Waals surface area (Å²) < 4.78 is 9.48. The molecule has 1 atom stereocenters. The van der Waals surface area contributed by atoms with Crippen LogP contribution in [0.15, 0.2) is 11.6 Å². The molecule has 0 spiro atoms. The molecule has 3 heterocycles. The lowest BCUT2D eigenvalue weighted by Crippen LogP contribution is -2.34. The quantitative estimate of drug-likeness (QED) is 0.849. The maximum Gasteiger partial charge on any atom is 0.205 e. The number of hydrogen-bond acceptors (Lipinski definition) is 7. The molecule has 0 bridgehead atoms. The number of aromatic nitrogens is 3. The monoisotopic (exact) mass is 310 g/mol. The highest BCUT2D eigenvalue weighted by Gasteiger charge is 2.25. The van der Waals surface area contributed by atoms with Gasteiger partial charge in [0.2, 0.25) is 5.13 Å². The van der Waals surface area contributed by atoms with Gasteiger partial charge in [-0.3, -0.25) is 0 Å². The first kappa shape index (κ1) is 13.9. The predicted octanol–water partition coefficient (Wildman–Crippen LogP) is 2.57. The fourth-order valence-electron chi connectivity index (χ4n) is 2.46. The minimum absolute atomic E-state index is 0.537. The second-order valence-corrected chi connectivity index (χ2v) is 6.55. The zero-order chi connectivity index (χ0) is 13.8. The molecule has 1 aliphatic heterocycles. The van der Waals surface area contributed by atoms with Gasteiger partial charge in [0.1, 0.15) is 5.82 Å². The van der Waals surface area contributed by atoms with E-state index in [1.165, 1.54) is 29.4 Å². The summed E-state index contributed by atoms with van der Waals surface area (Å²) in [7, 11) is 1.70. The highest BCUT2D eigenvalue weighted by atomic mass is 32.1. The van der Waals surface area contributed by atoms with Crippen molar-refractivity contribution in [1.82, 2.24) is 14.3 Å². The maximum absolute atomic E-state index is 5.07. The third-order valence-corrected chi connectivity index (χ3v) is 5.23. The van der Waals surface area contributed by atoms with Crippen molar-refractivity contribution >= 4 is 28.0 Å². The molecule has 20 heavy (non-hydrogen) atoms. The van der Waals surface area contributed by atoms with E-state index in [4.69, 9.17) is 4.74 Å². The summed E-state index contributed by atoms with van der Waals surface area (Å²) in [5.74, 6) is 1.43. The van der Waals surface area contributed by atoms with Crippen LogP contribution in [0, 0.1) is 0 Å². The number of anilines is 1. The molecule has 108 valence electrons. The van der Waals surface area contributed by atoms with Crippen LogP contribution in [-0.2, 0) is 11.2 Å². The standard InChI is InChI=1S/C13H18N4OS2/c1-18-7-4-11-15-13(20-16-11)17-6-2-3-10(9-17)12-14-5-8-19-12/h5,8,10H,2-4,6-7,9H2,1H3. The van der Waals surface area contributed by atoms with Gasteiger partial charge in [0.25, 0.3) is 0 Å². The van der Waals surface area contributed by atoms with E-state index in [1.807, 2.05) is 6.20 Å². The molecule has 0 saturated carbocycles. The fourth-order valence-corrected chi connectivity index (χ4v) is 3.97. The molecule has 1 saturated heterocycles. The van der Waals surface area contributed by atoms with E-state index < -0.39 is 0 Å². The van der Waals surface area contributed by atoms with Crippen molar-refractivity contribution in [3.63, 3.8) is 0 Å². The van der Waals surface area contributed by atoms with E-state index >= 15 is 0 Å². The summed E-state index contributed by atoms with van der Waals surface area (Å²) >= 11 is 3.25. The zero-order valence-corrected chi connectivity index (χ0v) is 13.1. The Labute approximate surface area is 126 Å². The topological polar surface area (TPSA) is 51.1 Å². The Balaban J connectivity index is 1.66. The Kier molecular flexibility index (Phi) is 4.59. The molecule has 5 nitrogen and oxygen atoms in total. The summed E-state index contributed by atoms with van der Waals surface area (Å²) in [6.07, 6.45) is 5.10. The molecular weight excluding hydrogens is 292 g/mol. The van der Waals surface area contributed by atoms with Crippen molar-refractivity contribution in [2.75, 3.05) is 31.7 Å². The number of rotatable bonds is 5. The van der Waals surface area contributed by atoms with Crippen LogP contribution in [0.3, 0.4) is 0 Å². The van der Waals surface area contributed by atoms with Crippen LogP contribution >= 0.6 is 22.9 Å².